The largest absolute Gasteiger partial charge is 0.481 e. The lowest BCUT2D eigenvalue weighted by Gasteiger charge is -2.28. The molecule has 0 aromatic heterocycles. The van der Waals surface area contributed by atoms with E-state index in [9.17, 15) is 4.79 Å². The van der Waals surface area contributed by atoms with Gasteiger partial charge in [-0.3, -0.25) is 4.79 Å². The van der Waals surface area contributed by atoms with Crippen molar-refractivity contribution in [3.8, 4) is 0 Å². The summed E-state index contributed by atoms with van der Waals surface area (Å²) in [5.74, 6) is -0.757. The summed E-state index contributed by atoms with van der Waals surface area (Å²) in [5.41, 5.74) is 3.87. The molecule has 100 valence electrons. The van der Waals surface area contributed by atoms with Crippen LogP contribution in [0.4, 0.5) is 0 Å². The topological polar surface area (TPSA) is 49.3 Å². The van der Waals surface area contributed by atoms with Crippen molar-refractivity contribution in [1.29, 1.82) is 0 Å². The number of aryl methyl sites for hydroxylation is 2. The number of hydrogen-bond donors (Lipinski definition) is 2. The van der Waals surface area contributed by atoms with Gasteiger partial charge in [-0.05, 0) is 25.0 Å². The Morgan fingerprint density at radius 1 is 1.33 bits per heavy atom. The highest BCUT2D eigenvalue weighted by Gasteiger charge is 2.22. The fourth-order valence-corrected chi connectivity index (χ4v) is 2.16. The second-order valence-electron chi connectivity index (χ2n) is 5.52. The molecule has 0 unspecified atom stereocenters. The van der Waals surface area contributed by atoms with Gasteiger partial charge in [0.15, 0.2) is 0 Å². The van der Waals surface area contributed by atoms with Crippen molar-refractivity contribution in [1.82, 2.24) is 5.32 Å². The van der Waals surface area contributed by atoms with Gasteiger partial charge >= 0.3 is 5.97 Å². The summed E-state index contributed by atoms with van der Waals surface area (Å²) in [6.07, 6.45) is 0.170. The van der Waals surface area contributed by atoms with Crippen molar-refractivity contribution >= 4 is 5.97 Å². The summed E-state index contributed by atoms with van der Waals surface area (Å²) in [6.45, 7) is 9.88. The molecule has 0 saturated carbocycles. The highest BCUT2D eigenvalue weighted by molar-refractivity contribution is 5.66. The van der Waals surface area contributed by atoms with Crippen LogP contribution >= 0.6 is 0 Å². The van der Waals surface area contributed by atoms with Crippen molar-refractivity contribution in [2.24, 2.45) is 0 Å². The summed E-state index contributed by atoms with van der Waals surface area (Å²) in [6, 6.07) is 6.48. The number of carbonyl (C=O) groups is 1. The van der Waals surface area contributed by atoms with E-state index in [1.165, 1.54) is 16.7 Å². The van der Waals surface area contributed by atoms with Crippen LogP contribution in [0.3, 0.4) is 0 Å². The molecular weight excluding hydrogens is 226 g/mol. The zero-order valence-corrected chi connectivity index (χ0v) is 11.7. The van der Waals surface area contributed by atoms with E-state index in [0.717, 1.165) is 6.54 Å². The van der Waals surface area contributed by atoms with Crippen LogP contribution in [0, 0.1) is 13.8 Å². The van der Waals surface area contributed by atoms with E-state index < -0.39 is 5.97 Å². The predicted octanol–water partition coefficient (Wildman–Crippen LogP) is 2.65. The Hall–Kier alpha value is -1.35. The van der Waals surface area contributed by atoms with Gasteiger partial charge < -0.3 is 10.4 Å². The van der Waals surface area contributed by atoms with Gasteiger partial charge in [0.2, 0.25) is 0 Å². The highest BCUT2D eigenvalue weighted by atomic mass is 16.4. The number of nitrogens with one attached hydrogen (secondary N) is 1. The van der Waals surface area contributed by atoms with Gasteiger partial charge in [0.25, 0.3) is 0 Å². The lowest BCUT2D eigenvalue weighted by molar-refractivity contribution is -0.136. The SMILES string of the molecule is Cc1ccc(C)c(C(C)(C)CNCCC(=O)O)c1. The molecule has 3 heteroatoms. The van der Waals surface area contributed by atoms with Gasteiger partial charge in [0.1, 0.15) is 0 Å². The van der Waals surface area contributed by atoms with Gasteiger partial charge in [-0.15, -0.1) is 0 Å². The van der Waals surface area contributed by atoms with E-state index in [1.54, 1.807) is 0 Å². The standard InChI is InChI=1S/C15H23NO2/c1-11-5-6-12(2)13(9-11)15(3,4)10-16-8-7-14(17)18/h5-6,9,16H,7-8,10H2,1-4H3,(H,17,18). The highest BCUT2D eigenvalue weighted by Crippen LogP contribution is 2.26. The molecule has 0 heterocycles. The minimum atomic E-state index is -0.757. The van der Waals surface area contributed by atoms with Crippen LogP contribution in [0.2, 0.25) is 0 Å². The quantitative estimate of drug-likeness (QED) is 0.762. The monoisotopic (exact) mass is 249 g/mol. The third-order valence-corrected chi connectivity index (χ3v) is 3.20. The number of benzene rings is 1. The number of carboxylic acids is 1. The molecule has 1 aromatic rings. The fourth-order valence-electron chi connectivity index (χ4n) is 2.16. The Bertz CT molecular complexity index is 425. The maximum Gasteiger partial charge on any atom is 0.304 e. The number of rotatable bonds is 6. The first-order chi connectivity index (χ1) is 8.33. The van der Waals surface area contributed by atoms with E-state index in [-0.39, 0.29) is 11.8 Å². The van der Waals surface area contributed by atoms with Gasteiger partial charge in [0.05, 0.1) is 6.42 Å². The second-order valence-corrected chi connectivity index (χ2v) is 5.52. The van der Waals surface area contributed by atoms with E-state index in [1.807, 2.05) is 0 Å². The van der Waals surface area contributed by atoms with Gasteiger partial charge in [-0.2, -0.15) is 0 Å². The van der Waals surface area contributed by atoms with E-state index in [4.69, 9.17) is 5.11 Å². The summed E-state index contributed by atoms with van der Waals surface area (Å²) in [4.78, 5) is 10.5. The molecule has 0 aliphatic carbocycles. The first-order valence-electron chi connectivity index (χ1n) is 6.33. The van der Waals surface area contributed by atoms with Crippen LogP contribution in [0.15, 0.2) is 18.2 Å². The van der Waals surface area contributed by atoms with E-state index >= 15 is 0 Å². The smallest absolute Gasteiger partial charge is 0.304 e. The van der Waals surface area contributed by atoms with Crippen LogP contribution in [0.25, 0.3) is 0 Å². The van der Waals surface area contributed by atoms with Crippen molar-refractivity contribution in [3.05, 3.63) is 34.9 Å². The van der Waals surface area contributed by atoms with E-state index in [0.29, 0.717) is 6.54 Å². The summed E-state index contributed by atoms with van der Waals surface area (Å²) < 4.78 is 0. The van der Waals surface area contributed by atoms with Crippen LogP contribution < -0.4 is 5.32 Å². The molecule has 1 rings (SSSR count). The Morgan fingerprint density at radius 3 is 2.61 bits per heavy atom. The average molecular weight is 249 g/mol. The summed E-state index contributed by atoms with van der Waals surface area (Å²) >= 11 is 0. The maximum absolute atomic E-state index is 10.5. The van der Waals surface area contributed by atoms with Crippen LogP contribution in [-0.2, 0) is 10.2 Å². The molecule has 0 fully saturated rings. The van der Waals surface area contributed by atoms with Crippen molar-refractivity contribution in [3.63, 3.8) is 0 Å². The summed E-state index contributed by atoms with van der Waals surface area (Å²) in [5, 5.41) is 11.8. The molecule has 1 aromatic carbocycles. The molecule has 0 aliphatic rings. The average Bonchev–Trinajstić information content (AvgIpc) is 2.27. The van der Waals surface area contributed by atoms with Gasteiger partial charge in [0, 0.05) is 18.5 Å². The number of aliphatic carboxylic acids is 1. The van der Waals surface area contributed by atoms with Crippen molar-refractivity contribution in [2.45, 2.75) is 39.5 Å². The first-order valence-corrected chi connectivity index (χ1v) is 6.33. The Kier molecular flexibility index (Phi) is 4.91. The van der Waals surface area contributed by atoms with Gasteiger partial charge in [-0.1, -0.05) is 37.6 Å². The maximum atomic E-state index is 10.5. The molecule has 0 aliphatic heterocycles. The fraction of sp³-hybridized carbons (Fsp3) is 0.533. The minimum Gasteiger partial charge on any atom is -0.481 e. The van der Waals surface area contributed by atoms with Crippen LogP contribution in [0.1, 0.15) is 37.0 Å². The third kappa shape index (κ3) is 4.15. The first kappa shape index (κ1) is 14.7. The molecule has 0 spiro atoms. The lowest BCUT2D eigenvalue weighted by atomic mass is 9.81. The molecule has 2 N–H and O–H groups in total. The molecule has 0 atom stereocenters. The van der Waals surface area contributed by atoms with Crippen LogP contribution in [-0.4, -0.2) is 24.2 Å². The van der Waals surface area contributed by atoms with Crippen LogP contribution in [0.5, 0.6) is 0 Å². The lowest BCUT2D eigenvalue weighted by Crippen LogP contribution is -2.34. The molecule has 18 heavy (non-hydrogen) atoms. The Morgan fingerprint density at radius 2 is 2.00 bits per heavy atom. The number of carboxylic acid groups (broad SMARTS) is 1. The van der Waals surface area contributed by atoms with Crippen molar-refractivity contribution in [2.75, 3.05) is 13.1 Å². The minimum absolute atomic E-state index is 0.00854. The normalized spacial score (nSPS) is 11.6. The van der Waals surface area contributed by atoms with E-state index in [2.05, 4.69) is 51.2 Å². The summed E-state index contributed by atoms with van der Waals surface area (Å²) in [7, 11) is 0. The Labute approximate surface area is 109 Å². The molecule has 0 radical (unpaired) electrons. The second kappa shape index (κ2) is 6.01. The van der Waals surface area contributed by atoms with Gasteiger partial charge in [-0.25, -0.2) is 0 Å². The zero-order valence-electron chi connectivity index (χ0n) is 11.7. The molecule has 3 nitrogen and oxygen atoms in total. The number of hydrogen-bond acceptors (Lipinski definition) is 2. The molecule has 0 bridgehead atoms. The predicted molar refractivity (Wildman–Crippen MR) is 74.1 cm³/mol. The van der Waals surface area contributed by atoms with Crippen molar-refractivity contribution < 1.29 is 9.90 Å². The molecule has 0 amide bonds. The molecular formula is C15H23NO2. The molecule has 0 saturated heterocycles. The third-order valence-electron chi connectivity index (χ3n) is 3.20. The Balaban J connectivity index is 2.67. The zero-order chi connectivity index (χ0) is 13.8.